The molecule has 196 valence electrons. The third kappa shape index (κ3) is 6.87. The van der Waals surface area contributed by atoms with Crippen LogP contribution < -0.4 is 9.65 Å². The summed E-state index contributed by atoms with van der Waals surface area (Å²) in [5.41, 5.74) is 0.388. The number of piperazine rings is 1. The Morgan fingerprint density at radius 2 is 1.63 bits per heavy atom. The zero-order chi connectivity index (χ0) is 26.4. The smallest absolute Gasteiger partial charge is 0.444 e. The minimum Gasteiger partial charge on any atom is -0.444 e. The van der Waals surface area contributed by atoms with E-state index in [4.69, 9.17) is 14.0 Å². The normalized spacial score (nSPS) is 20.7. The second-order valence-electron chi connectivity index (χ2n) is 11.1. The molecule has 0 N–H and O–H groups in total. The van der Waals surface area contributed by atoms with E-state index in [0.717, 1.165) is 11.1 Å². The second-order valence-corrected chi connectivity index (χ2v) is 12.1. The number of amides is 1. The highest BCUT2D eigenvalue weighted by Gasteiger charge is 2.52. The van der Waals surface area contributed by atoms with Gasteiger partial charge in [-0.05, 0) is 84.1 Å². The number of carbonyl (C=O) groups is 1. The van der Waals surface area contributed by atoms with Crippen molar-refractivity contribution in [2.24, 2.45) is 0 Å². The van der Waals surface area contributed by atoms with Gasteiger partial charge in [0.05, 0.1) is 11.2 Å². The van der Waals surface area contributed by atoms with Crippen molar-refractivity contribution < 1.29 is 35.3 Å². The van der Waals surface area contributed by atoms with E-state index in [-0.39, 0.29) is 11.8 Å². The Kier molecular flexibility index (Phi) is 7.54. The Morgan fingerprint density at radius 3 is 2.11 bits per heavy atom. The molecule has 2 heterocycles. The molecule has 0 spiro atoms. The SMILES string of the molecule is Cc1c(CN2CCN(C(=O)OC(C)(C)C)CC2)cc(OS(=O)(=O)F)cc1B1OC(C)(C)C(C)(C)O1. The van der Waals surface area contributed by atoms with E-state index in [1.54, 1.807) is 4.90 Å². The summed E-state index contributed by atoms with van der Waals surface area (Å²) in [6.07, 6.45) is -0.347. The Labute approximate surface area is 208 Å². The van der Waals surface area contributed by atoms with E-state index in [1.165, 1.54) is 12.1 Å². The molecule has 0 radical (unpaired) electrons. The molecule has 12 heteroatoms. The van der Waals surface area contributed by atoms with Crippen LogP contribution >= 0.6 is 0 Å². The number of benzene rings is 1. The van der Waals surface area contributed by atoms with Gasteiger partial charge >= 0.3 is 23.7 Å². The van der Waals surface area contributed by atoms with Crippen LogP contribution in [0.3, 0.4) is 0 Å². The van der Waals surface area contributed by atoms with Gasteiger partial charge in [-0.25, -0.2) is 4.79 Å². The van der Waals surface area contributed by atoms with Gasteiger partial charge in [-0.2, -0.15) is 8.42 Å². The van der Waals surface area contributed by atoms with Crippen molar-refractivity contribution in [3.05, 3.63) is 23.3 Å². The Balaban J connectivity index is 1.81. The van der Waals surface area contributed by atoms with E-state index >= 15 is 0 Å². The highest BCUT2D eigenvalue weighted by atomic mass is 32.3. The molecule has 0 atom stereocenters. The molecule has 0 aromatic heterocycles. The summed E-state index contributed by atoms with van der Waals surface area (Å²) in [6.45, 7) is 17.7. The van der Waals surface area contributed by atoms with Crippen molar-refractivity contribution in [1.29, 1.82) is 0 Å². The molecule has 3 rings (SSSR count). The molecule has 1 aromatic rings. The zero-order valence-electron chi connectivity index (χ0n) is 21.8. The summed E-state index contributed by atoms with van der Waals surface area (Å²) in [7, 11) is -5.98. The van der Waals surface area contributed by atoms with Crippen LogP contribution in [0.5, 0.6) is 5.75 Å². The van der Waals surface area contributed by atoms with Crippen molar-refractivity contribution in [3.8, 4) is 5.75 Å². The predicted octanol–water partition coefficient (Wildman–Crippen LogP) is 2.94. The monoisotopic (exact) mass is 514 g/mol. The number of carbonyl (C=O) groups excluding carboxylic acids is 1. The van der Waals surface area contributed by atoms with Crippen LogP contribution in [-0.2, 0) is 31.1 Å². The minimum absolute atomic E-state index is 0.148. The largest absolute Gasteiger partial charge is 0.495 e. The zero-order valence-corrected chi connectivity index (χ0v) is 22.6. The van der Waals surface area contributed by atoms with Crippen molar-refractivity contribution in [3.63, 3.8) is 0 Å². The fraction of sp³-hybridized carbons (Fsp3) is 0.696. The summed E-state index contributed by atoms with van der Waals surface area (Å²) < 4.78 is 58.2. The van der Waals surface area contributed by atoms with Crippen LogP contribution in [0.4, 0.5) is 8.68 Å². The van der Waals surface area contributed by atoms with Crippen LogP contribution in [-0.4, -0.2) is 74.4 Å². The first-order chi connectivity index (χ1) is 15.9. The topological polar surface area (TPSA) is 94.6 Å². The first-order valence-electron chi connectivity index (χ1n) is 11.7. The number of rotatable bonds is 5. The fourth-order valence-electron chi connectivity index (χ4n) is 3.97. The number of ether oxygens (including phenoxy) is 1. The van der Waals surface area contributed by atoms with Crippen molar-refractivity contribution in [2.75, 3.05) is 26.2 Å². The Morgan fingerprint density at radius 1 is 1.09 bits per heavy atom. The molecule has 1 amide bonds. The Bertz CT molecular complexity index is 1050. The number of halogens is 1. The molecular weight excluding hydrogens is 478 g/mol. The first kappa shape index (κ1) is 27.7. The van der Waals surface area contributed by atoms with Gasteiger partial charge < -0.3 is 23.1 Å². The molecule has 2 saturated heterocycles. The summed E-state index contributed by atoms with van der Waals surface area (Å²) in [5.74, 6) is -0.148. The van der Waals surface area contributed by atoms with E-state index in [9.17, 15) is 17.1 Å². The quantitative estimate of drug-likeness (QED) is 0.438. The third-order valence-corrected chi connectivity index (χ3v) is 7.04. The highest BCUT2D eigenvalue weighted by molar-refractivity contribution is 7.81. The molecule has 0 aliphatic carbocycles. The summed E-state index contributed by atoms with van der Waals surface area (Å²) in [4.78, 5) is 16.2. The lowest BCUT2D eigenvalue weighted by molar-refractivity contribution is 0.00578. The van der Waals surface area contributed by atoms with Gasteiger partial charge in [0.1, 0.15) is 11.4 Å². The van der Waals surface area contributed by atoms with Crippen molar-refractivity contribution >= 4 is 29.2 Å². The van der Waals surface area contributed by atoms with E-state index in [2.05, 4.69) is 9.08 Å². The molecular formula is C23H36BFN2O7S. The van der Waals surface area contributed by atoms with Gasteiger partial charge in [0, 0.05) is 32.7 Å². The molecule has 35 heavy (non-hydrogen) atoms. The molecule has 0 bridgehead atoms. The molecule has 1 aromatic carbocycles. The maximum Gasteiger partial charge on any atom is 0.495 e. The number of nitrogens with zero attached hydrogens (tertiary/aromatic N) is 2. The van der Waals surface area contributed by atoms with E-state index in [0.29, 0.717) is 38.2 Å². The van der Waals surface area contributed by atoms with Gasteiger partial charge in [-0.1, -0.05) is 3.89 Å². The van der Waals surface area contributed by atoms with E-state index in [1.807, 2.05) is 55.4 Å². The first-order valence-corrected chi connectivity index (χ1v) is 13.0. The van der Waals surface area contributed by atoms with Crippen LogP contribution in [0, 0.1) is 6.92 Å². The van der Waals surface area contributed by atoms with Crippen LogP contribution in [0.15, 0.2) is 12.1 Å². The summed E-state index contributed by atoms with van der Waals surface area (Å²) in [5, 5.41) is 0. The van der Waals surface area contributed by atoms with Gasteiger partial charge in [0.15, 0.2) is 0 Å². The lowest BCUT2D eigenvalue weighted by atomic mass is 9.75. The number of hydrogen-bond acceptors (Lipinski definition) is 8. The molecule has 2 aliphatic heterocycles. The lowest BCUT2D eigenvalue weighted by Gasteiger charge is -2.36. The van der Waals surface area contributed by atoms with Gasteiger partial charge in [-0.15, -0.1) is 0 Å². The lowest BCUT2D eigenvalue weighted by Crippen LogP contribution is -2.49. The summed E-state index contributed by atoms with van der Waals surface area (Å²) in [6, 6.07) is 2.96. The minimum atomic E-state index is -5.21. The van der Waals surface area contributed by atoms with E-state index < -0.39 is 34.4 Å². The fourth-order valence-corrected chi connectivity index (χ4v) is 4.29. The maximum atomic E-state index is 13.4. The number of hydrogen-bond donors (Lipinski definition) is 0. The van der Waals surface area contributed by atoms with Crippen molar-refractivity contribution in [1.82, 2.24) is 9.80 Å². The van der Waals surface area contributed by atoms with Crippen LogP contribution in [0.2, 0.25) is 0 Å². The second kappa shape index (κ2) is 9.53. The standard InChI is InChI=1S/C23H36BFN2O7S/c1-16-17(15-26-9-11-27(12-10-26)20(28)31-21(2,3)4)13-18(32-35(25,29)30)14-19(16)24-33-22(5,6)23(7,8)34-24/h13-14H,9-12,15H2,1-8H3. The average molecular weight is 514 g/mol. The molecule has 2 aliphatic rings. The van der Waals surface area contributed by atoms with Crippen LogP contribution in [0.25, 0.3) is 0 Å². The summed E-state index contributed by atoms with van der Waals surface area (Å²) >= 11 is 0. The predicted molar refractivity (Wildman–Crippen MR) is 131 cm³/mol. The highest BCUT2D eigenvalue weighted by Crippen LogP contribution is 2.37. The maximum absolute atomic E-state index is 13.4. The van der Waals surface area contributed by atoms with Gasteiger partial charge in [-0.3, -0.25) is 4.90 Å². The molecule has 0 saturated carbocycles. The van der Waals surface area contributed by atoms with Gasteiger partial charge in [0.2, 0.25) is 0 Å². The third-order valence-electron chi connectivity index (χ3n) is 6.65. The molecule has 0 unspecified atom stereocenters. The molecule has 2 fully saturated rings. The van der Waals surface area contributed by atoms with Crippen molar-refractivity contribution in [2.45, 2.75) is 78.7 Å². The van der Waals surface area contributed by atoms with Crippen LogP contribution in [0.1, 0.15) is 59.6 Å². The Hall–Kier alpha value is -1.89. The van der Waals surface area contributed by atoms with Gasteiger partial charge in [0.25, 0.3) is 0 Å². The average Bonchev–Trinajstić information content (AvgIpc) is 2.89. The molecule has 9 nitrogen and oxygen atoms in total.